The van der Waals surface area contributed by atoms with Gasteiger partial charge in [-0.05, 0) is 40.8 Å². The fourth-order valence-corrected chi connectivity index (χ4v) is 2.75. The van der Waals surface area contributed by atoms with Crippen LogP contribution < -0.4 is 5.32 Å². The first-order valence-corrected chi connectivity index (χ1v) is 8.58. The maximum Gasteiger partial charge on any atom is 0.331 e. The highest BCUT2D eigenvalue weighted by Crippen LogP contribution is 2.19. The lowest BCUT2D eigenvalue weighted by Crippen LogP contribution is -2.53. The van der Waals surface area contributed by atoms with Crippen LogP contribution in [0.1, 0.15) is 36.5 Å². The Morgan fingerprint density at radius 2 is 1.63 bits per heavy atom. The minimum atomic E-state index is -0.790. The van der Waals surface area contributed by atoms with E-state index in [-0.39, 0.29) is 12.1 Å². The average Bonchev–Trinajstić information content (AvgIpc) is 2.64. The SMILES string of the molecule is CC(C)c1ccc(C=C2C(=O)NC(=O)N(Cc3ccc(F)cc3)C2=O)cc1. The minimum Gasteiger partial charge on any atom is -0.273 e. The molecule has 3 rings (SSSR count). The van der Waals surface area contributed by atoms with Crippen LogP contribution in [0.4, 0.5) is 9.18 Å². The zero-order valence-electron chi connectivity index (χ0n) is 15.0. The zero-order chi connectivity index (χ0) is 19.6. The van der Waals surface area contributed by atoms with Gasteiger partial charge in [0.2, 0.25) is 0 Å². The summed E-state index contributed by atoms with van der Waals surface area (Å²) in [5.74, 6) is -1.45. The predicted molar refractivity (Wildman–Crippen MR) is 99.0 cm³/mol. The lowest BCUT2D eigenvalue weighted by atomic mass is 10.0. The number of barbiturate groups is 1. The Labute approximate surface area is 156 Å². The van der Waals surface area contributed by atoms with E-state index in [1.165, 1.54) is 30.3 Å². The second kappa shape index (κ2) is 7.53. The van der Waals surface area contributed by atoms with Crippen molar-refractivity contribution in [3.63, 3.8) is 0 Å². The largest absolute Gasteiger partial charge is 0.331 e. The van der Waals surface area contributed by atoms with Crippen LogP contribution in [0.15, 0.2) is 54.1 Å². The van der Waals surface area contributed by atoms with E-state index in [4.69, 9.17) is 0 Å². The van der Waals surface area contributed by atoms with Crippen LogP contribution in [0.5, 0.6) is 0 Å². The Morgan fingerprint density at radius 1 is 1.00 bits per heavy atom. The van der Waals surface area contributed by atoms with Gasteiger partial charge in [-0.25, -0.2) is 9.18 Å². The third kappa shape index (κ3) is 4.11. The topological polar surface area (TPSA) is 66.5 Å². The number of hydrogen-bond donors (Lipinski definition) is 1. The number of hydrogen-bond acceptors (Lipinski definition) is 3. The van der Waals surface area contributed by atoms with Crippen molar-refractivity contribution in [3.05, 3.63) is 76.6 Å². The number of amides is 4. The van der Waals surface area contributed by atoms with Crippen molar-refractivity contribution in [2.24, 2.45) is 0 Å². The van der Waals surface area contributed by atoms with Gasteiger partial charge in [0.25, 0.3) is 11.8 Å². The Balaban J connectivity index is 1.86. The standard InChI is InChI=1S/C21H19FN2O3/c1-13(2)16-7-3-14(4-8-16)11-18-19(25)23-21(27)24(20(18)26)12-15-5-9-17(22)10-6-15/h3-11,13H,12H2,1-2H3,(H,23,25,27). The van der Waals surface area contributed by atoms with Crippen LogP contribution in [0.3, 0.4) is 0 Å². The average molecular weight is 366 g/mol. The monoisotopic (exact) mass is 366 g/mol. The van der Waals surface area contributed by atoms with Gasteiger partial charge in [-0.3, -0.25) is 19.8 Å². The van der Waals surface area contributed by atoms with Crippen LogP contribution in [0.2, 0.25) is 0 Å². The van der Waals surface area contributed by atoms with Crippen LogP contribution in [-0.2, 0) is 16.1 Å². The van der Waals surface area contributed by atoms with E-state index in [0.717, 1.165) is 10.5 Å². The van der Waals surface area contributed by atoms with Crippen LogP contribution in [0, 0.1) is 5.82 Å². The molecule has 0 aliphatic carbocycles. The summed E-state index contributed by atoms with van der Waals surface area (Å²) in [7, 11) is 0. The Bertz CT molecular complexity index is 915. The highest BCUT2D eigenvalue weighted by molar-refractivity contribution is 6.30. The summed E-state index contributed by atoms with van der Waals surface area (Å²) in [6.07, 6.45) is 1.46. The summed E-state index contributed by atoms with van der Waals surface area (Å²) in [5, 5.41) is 2.18. The smallest absolute Gasteiger partial charge is 0.273 e. The summed E-state index contributed by atoms with van der Waals surface area (Å²) in [6, 6.07) is 12.2. The second-order valence-corrected chi connectivity index (χ2v) is 6.66. The number of imide groups is 2. The molecule has 5 nitrogen and oxygen atoms in total. The molecule has 1 heterocycles. The molecule has 2 aromatic rings. The summed E-state index contributed by atoms with van der Waals surface area (Å²) in [6.45, 7) is 4.09. The van der Waals surface area contributed by atoms with Gasteiger partial charge in [-0.15, -0.1) is 0 Å². The molecule has 0 bridgehead atoms. The second-order valence-electron chi connectivity index (χ2n) is 6.66. The van der Waals surface area contributed by atoms with E-state index in [2.05, 4.69) is 19.2 Å². The van der Waals surface area contributed by atoms with Crippen molar-refractivity contribution >= 4 is 23.9 Å². The van der Waals surface area contributed by atoms with Crippen molar-refractivity contribution in [1.29, 1.82) is 0 Å². The summed E-state index contributed by atoms with van der Waals surface area (Å²) < 4.78 is 13.0. The van der Waals surface area contributed by atoms with E-state index in [9.17, 15) is 18.8 Å². The van der Waals surface area contributed by atoms with Crippen molar-refractivity contribution < 1.29 is 18.8 Å². The Hall–Kier alpha value is -3.28. The molecular weight excluding hydrogens is 347 g/mol. The molecule has 0 unspecified atom stereocenters. The van der Waals surface area contributed by atoms with Crippen molar-refractivity contribution in [2.75, 3.05) is 0 Å². The summed E-state index contributed by atoms with van der Waals surface area (Å²) >= 11 is 0. The number of carbonyl (C=O) groups is 3. The molecule has 1 aliphatic rings. The minimum absolute atomic E-state index is 0.0537. The van der Waals surface area contributed by atoms with Crippen LogP contribution in [0.25, 0.3) is 6.08 Å². The van der Waals surface area contributed by atoms with Gasteiger partial charge < -0.3 is 0 Å². The van der Waals surface area contributed by atoms with E-state index in [1.54, 1.807) is 0 Å². The van der Waals surface area contributed by atoms with Gasteiger partial charge >= 0.3 is 6.03 Å². The van der Waals surface area contributed by atoms with Crippen molar-refractivity contribution in [1.82, 2.24) is 10.2 Å². The van der Waals surface area contributed by atoms with Crippen LogP contribution >= 0.6 is 0 Å². The molecule has 0 atom stereocenters. The van der Waals surface area contributed by atoms with Crippen molar-refractivity contribution in [3.8, 4) is 0 Å². The lowest BCUT2D eigenvalue weighted by Gasteiger charge is -2.26. The molecule has 6 heteroatoms. The fraction of sp³-hybridized carbons (Fsp3) is 0.190. The zero-order valence-corrected chi connectivity index (χ0v) is 15.0. The molecule has 4 amide bonds. The molecule has 27 heavy (non-hydrogen) atoms. The first-order valence-electron chi connectivity index (χ1n) is 8.58. The predicted octanol–water partition coefficient (Wildman–Crippen LogP) is 3.61. The number of carbonyl (C=O) groups excluding carboxylic acids is 3. The molecule has 1 aliphatic heterocycles. The molecule has 0 spiro atoms. The van der Waals surface area contributed by atoms with Gasteiger partial charge in [0.1, 0.15) is 11.4 Å². The summed E-state index contributed by atoms with van der Waals surface area (Å²) in [4.78, 5) is 37.8. The molecule has 1 saturated heterocycles. The first kappa shape index (κ1) is 18.5. The summed E-state index contributed by atoms with van der Waals surface area (Å²) in [5.41, 5.74) is 2.29. The highest BCUT2D eigenvalue weighted by Gasteiger charge is 2.35. The normalized spacial score (nSPS) is 16.2. The fourth-order valence-electron chi connectivity index (χ4n) is 2.75. The Morgan fingerprint density at radius 3 is 2.22 bits per heavy atom. The number of nitrogens with zero attached hydrogens (tertiary/aromatic N) is 1. The number of halogens is 1. The molecule has 138 valence electrons. The molecule has 1 N–H and O–H groups in total. The first-order chi connectivity index (χ1) is 12.8. The van der Waals surface area contributed by atoms with Crippen LogP contribution in [-0.4, -0.2) is 22.7 Å². The maximum absolute atomic E-state index is 13.0. The van der Waals surface area contributed by atoms with Gasteiger partial charge in [0.15, 0.2) is 0 Å². The van der Waals surface area contributed by atoms with E-state index in [0.29, 0.717) is 17.0 Å². The Kier molecular flexibility index (Phi) is 5.16. The molecular formula is C21H19FN2O3. The molecule has 0 saturated carbocycles. The highest BCUT2D eigenvalue weighted by atomic mass is 19.1. The van der Waals surface area contributed by atoms with E-state index in [1.807, 2.05) is 24.3 Å². The molecule has 1 fully saturated rings. The van der Waals surface area contributed by atoms with E-state index >= 15 is 0 Å². The quantitative estimate of drug-likeness (QED) is 0.664. The number of rotatable bonds is 4. The van der Waals surface area contributed by atoms with E-state index < -0.39 is 23.7 Å². The number of urea groups is 1. The van der Waals surface area contributed by atoms with Gasteiger partial charge in [-0.2, -0.15) is 0 Å². The van der Waals surface area contributed by atoms with Gasteiger partial charge in [0.05, 0.1) is 6.54 Å². The number of nitrogens with one attached hydrogen (secondary N) is 1. The molecule has 2 aromatic carbocycles. The number of benzene rings is 2. The molecule has 0 radical (unpaired) electrons. The lowest BCUT2D eigenvalue weighted by molar-refractivity contribution is -0.130. The maximum atomic E-state index is 13.0. The van der Waals surface area contributed by atoms with Gasteiger partial charge in [0, 0.05) is 0 Å². The third-order valence-corrected chi connectivity index (χ3v) is 4.35. The van der Waals surface area contributed by atoms with Crippen molar-refractivity contribution in [2.45, 2.75) is 26.3 Å². The van der Waals surface area contributed by atoms with Gasteiger partial charge in [-0.1, -0.05) is 50.2 Å². The third-order valence-electron chi connectivity index (χ3n) is 4.35. The molecule has 0 aromatic heterocycles.